The van der Waals surface area contributed by atoms with Crippen molar-refractivity contribution in [3.63, 3.8) is 0 Å². The Hall–Kier alpha value is -2.12. The van der Waals surface area contributed by atoms with E-state index in [1.165, 1.54) is 30.3 Å². The summed E-state index contributed by atoms with van der Waals surface area (Å²) in [7, 11) is 0. The molecule has 0 aliphatic heterocycles. The van der Waals surface area contributed by atoms with E-state index < -0.39 is 11.6 Å². The minimum absolute atomic E-state index is 0.0322. The number of hydrogen-bond acceptors (Lipinski definition) is 2. The topological polar surface area (TPSA) is 35.8 Å². The lowest BCUT2D eigenvalue weighted by molar-refractivity contribution is 0.624. The molecular formula is C14H9ClF2N2. The largest absolute Gasteiger partial charge is 0.381 e. The zero-order valence-electron chi connectivity index (χ0n) is 9.75. The van der Waals surface area contributed by atoms with Crippen LogP contribution >= 0.6 is 11.6 Å². The Balaban J connectivity index is 2.13. The minimum atomic E-state index is -0.562. The van der Waals surface area contributed by atoms with E-state index in [9.17, 15) is 8.78 Å². The highest BCUT2D eigenvalue weighted by atomic mass is 35.5. The predicted molar refractivity (Wildman–Crippen MR) is 69.9 cm³/mol. The predicted octanol–water partition coefficient (Wildman–Crippen LogP) is 4.10. The SMILES string of the molecule is N#Cc1cc(NCc2ccc(F)cc2Cl)ccc1F. The van der Waals surface area contributed by atoms with Gasteiger partial charge >= 0.3 is 0 Å². The van der Waals surface area contributed by atoms with Crippen molar-refractivity contribution in [2.75, 3.05) is 5.32 Å². The van der Waals surface area contributed by atoms with E-state index in [0.29, 0.717) is 22.8 Å². The molecule has 2 rings (SSSR count). The molecular weight excluding hydrogens is 270 g/mol. The summed E-state index contributed by atoms with van der Waals surface area (Å²) < 4.78 is 26.0. The zero-order valence-corrected chi connectivity index (χ0v) is 10.5. The fourth-order valence-electron chi connectivity index (χ4n) is 1.58. The highest BCUT2D eigenvalue weighted by Crippen LogP contribution is 2.20. The van der Waals surface area contributed by atoms with Crippen LogP contribution in [0.4, 0.5) is 14.5 Å². The first-order chi connectivity index (χ1) is 9.10. The van der Waals surface area contributed by atoms with E-state index >= 15 is 0 Å². The molecule has 0 aliphatic rings. The standard InChI is InChI=1S/C14H9ClF2N2/c15-13-6-11(16)2-1-9(13)8-19-12-3-4-14(17)10(5-12)7-18/h1-6,19H,8H2. The Morgan fingerprint density at radius 3 is 2.63 bits per heavy atom. The van der Waals surface area contributed by atoms with E-state index in [4.69, 9.17) is 16.9 Å². The quantitative estimate of drug-likeness (QED) is 0.917. The third-order valence-electron chi connectivity index (χ3n) is 2.58. The van der Waals surface area contributed by atoms with Crippen LogP contribution in [0.25, 0.3) is 0 Å². The van der Waals surface area contributed by atoms with Gasteiger partial charge in [0.05, 0.1) is 5.56 Å². The third-order valence-corrected chi connectivity index (χ3v) is 2.94. The summed E-state index contributed by atoms with van der Waals surface area (Å²) in [4.78, 5) is 0. The smallest absolute Gasteiger partial charge is 0.141 e. The summed E-state index contributed by atoms with van der Waals surface area (Å²) in [6.45, 7) is 0.357. The van der Waals surface area contributed by atoms with Crippen LogP contribution in [-0.4, -0.2) is 0 Å². The Morgan fingerprint density at radius 2 is 1.95 bits per heavy atom. The molecule has 19 heavy (non-hydrogen) atoms. The van der Waals surface area contributed by atoms with Gasteiger partial charge in [-0.3, -0.25) is 0 Å². The minimum Gasteiger partial charge on any atom is -0.381 e. The fourth-order valence-corrected chi connectivity index (χ4v) is 1.82. The molecule has 0 radical (unpaired) electrons. The molecule has 0 aliphatic carbocycles. The maximum absolute atomic E-state index is 13.1. The highest BCUT2D eigenvalue weighted by molar-refractivity contribution is 6.31. The van der Waals surface area contributed by atoms with Crippen LogP contribution in [0.2, 0.25) is 5.02 Å². The number of hydrogen-bond donors (Lipinski definition) is 1. The van der Waals surface area contributed by atoms with E-state index in [-0.39, 0.29) is 5.56 Å². The van der Waals surface area contributed by atoms with Crippen molar-refractivity contribution in [3.05, 3.63) is 64.2 Å². The van der Waals surface area contributed by atoms with Crippen LogP contribution in [0.5, 0.6) is 0 Å². The molecule has 0 aromatic heterocycles. The molecule has 2 nitrogen and oxygen atoms in total. The van der Waals surface area contributed by atoms with Crippen molar-refractivity contribution >= 4 is 17.3 Å². The van der Waals surface area contributed by atoms with Crippen molar-refractivity contribution in [2.45, 2.75) is 6.54 Å². The second-order valence-corrected chi connectivity index (χ2v) is 4.30. The molecule has 0 amide bonds. The number of benzene rings is 2. The fraction of sp³-hybridized carbons (Fsp3) is 0.0714. The zero-order chi connectivity index (χ0) is 13.8. The Morgan fingerprint density at radius 1 is 1.16 bits per heavy atom. The molecule has 0 atom stereocenters. The third kappa shape index (κ3) is 3.21. The van der Waals surface area contributed by atoms with Crippen molar-refractivity contribution in [2.24, 2.45) is 0 Å². The molecule has 0 saturated heterocycles. The second-order valence-electron chi connectivity index (χ2n) is 3.90. The number of nitriles is 1. The van der Waals surface area contributed by atoms with Gasteiger partial charge in [-0.1, -0.05) is 17.7 Å². The van der Waals surface area contributed by atoms with Gasteiger partial charge in [0.25, 0.3) is 0 Å². The molecule has 1 N–H and O–H groups in total. The van der Waals surface area contributed by atoms with Crippen LogP contribution < -0.4 is 5.32 Å². The summed E-state index contributed by atoms with van der Waals surface area (Å²) in [5, 5.41) is 12.0. The summed E-state index contributed by atoms with van der Waals surface area (Å²) in [5.74, 6) is -0.963. The van der Waals surface area contributed by atoms with Crippen LogP contribution in [0.1, 0.15) is 11.1 Å². The van der Waals surface area contributed by atoms with Crippen LogP contribution in [-0.2, 0) is 6.54 Å². The van der Waals surface area contributed by atoms with Gasteiger partial charge < -0.3 is 5.32 Å². The summed E-state index contributed by atoms with van der Waals surface area (Å²) in [6.07, 6.45) is 0. The van der Waals surface area contributed by atoms with Crippen molar-refractivity contribution in [1.29, 1.82) is 5.26 Å². The van der Waals surface area contributed by atoms with Crippen LogP contribution in [0, 0.1) is 23.0 Å². The highest BCUT2D eigenvalue weighted by Gasteiger charge is 2.04. The van der Waals surface area contributed by atoms with Crippen molar-refractivity contribution in [3.8, 4) is 6.07 Å². The van der Waals surface area contributed by atoms with Gasteiger partial charge in [0.15, 0.2) is 0 Å². The molecule has 0 fully saturated rings. The molecule has 5 heteroatoms. The van der Waals surface area contributed by atoms with Crippen molar-refractivity contribution in [1.82, 2.24) is 0 Å². The van der Waals surface area contributed by atoms with Gasteiger partial charge in [-0.15, -0.1) is 0 Å². The molecule has 2 aromatic rings. The Bertz CT molecular complexity index is 650. The number of nitrogens with zero attached hydrogens (tertiary/aromatic N) is 1. The number of halogens is 3. The van der Waals surface area contributed by atoms with Gasteiger partial charge in [-0.2, -0.15) is 5.26 Å². The summed E-state index contributed by atoms with van der Waals surface area (Å²) in [6, 6.07) is 10.0. The molecule has 0 heterocycles. The maximum atomic E-state index is 13.1. The first kappa shape index (κ1) is 13.3. The first-order valence-electron chi connectivity index (χ1n) is 5.47. The van der Waals surface area contributed by atoms with Crippen LogP contribution in [0.3, 0.4) is 0 Å². The van der Waals surface area contributed by atoms with Gasteiger partial charge in [0.2, 0.25) is 0 Å². The van der Waals surface area contributed by atoms with Crippen LogP contribution in [0.15, 0.2) is 36.4 Å². The lowest BCUT2D eigenvalue weighted by Crippen LogP contribution is -2.01. The Kier molecular flexibility index (Phi) is 3.98. The van der Waals surface area contributed by atoms with Gasteiger partial charge in [-0.25, -0.2) is 8.78 Å². The average Bonchev–Trinajstić information content (AvgIpc) is 2.39. The molecule has 0 saturated carbocycles. The van der Waals surface area contributed by atoms with E-state index in [2.05, 4.69) is 5.32 Å². The Labute approximate surface area is 114 Å². The lowest BCUT2D eigenvalue weighted by atomic mass is 10.2. The van der Waals surface area contributed by atoms with Gasteiger partial charge in [0, 0.05) is 17.3 Å². The number of nitrogens with one attached hydrogen (secondary N) is 1. The lowest BCUT2D eigenvalue weighted by Gasteiger charge is -2.08. The second kappa shape index (κ2) is 5.68. The average molecular weight is 279 g/mol. The molecule has 0 spiro atoms. The van der Waals surface area contributed by atoms with E-state index in [1.807, 2.05) is 0 Å². The molecule has 2 aromatic carbocycles. The van der Waals surface area contributed by atoms with Gasteiger partial charge in [-0.05, 0) is 35.9 Å². The number of rotatable bonds is 3. The number of anilines is 1. The molecule has 0 unspecified atom stereocenters. The maximum Gasteiger partial charge on any atom is 0.141 e. The summed E-state index contributed by atoms with van der Waals surface area (Å²) >= 11 is 5.89. The first-order valence-corrected chi connectivity index (χ1v) is 5.85. The van der Waals surface area contributed by atoms with Gasteiger partial charge in [0.1, 0.15) is 17.7 Å². The molecule has 96 valence electrons. The molecule has 0 bridgehead atoms. The summed E-state index contributed by atoms with van der Waals surface area (Å²) in [5.41, 5.74) is 1.28. The van der Waals surface area contributed by atoms with E-state index in [1.54, 1.807) is 12.1 Å². The van der Waals surface area contributed by atoms with Crippen molar-refractivity contribution < 1.29 is 8.78 Å². The monoisotopic (exact) mass is 278 g/mol. The van der Waals surface area contributed by atoms with E-state index in [0.717, 1.165) is 0 Å². The normalized spacial score (nSPS) is 10.0.